The fraction of sp³-hybridized carbons (Fsp3) is 0.588. The van der Waals surface area contributed by atoms with Gasteiger partial charge in [0.15, 0.2) is 0 Å². The quantitative estimate of drug-likeness (QED) is 0.909. The molecule has 0 aliphatic carbocycles. The lowest BCUT2D eigenvalue weighted by Crippen LogP contribution is -2.52. The molecule has 0 bridgehead atoms. The zero-order valence-electron chi connectivity index (χ0n) is 13.0. The second-order valence-electron chi connectivity index (χ2n) is 6.18. The molecule has 4 heteroatoms. The van der Waals surface area contributed by atoms with Crippen LogP contribution in [-0.4, -0.2) is 41.9 Å². The summed E-state index contributed by atoms with van der Waals surface area (Å²) in [5, 5.41) is 0. The van der Waals surface area contributed by atoms with Crippen LogP contribution in [0.5, 0.6) is 0 Å². The first kappa shape index (κ1) is 16.4. The van der Waals surface area contributed by atoms with Gasteiger partial charge >= 0.3 is 0 Å². The maximum absolute atomic E-state index is 12.5. The van der Waals surface area contributed by atoms with E-state index in [2.05, 4.69) is 31.2 Å². The molecule has 2 N–H and O–H groups in total. The lowest BCUT2D eigenvalue weighted by molar-refractivity contribution is -0.134. The van der Waals surface area contributed by atoms with E-state index < -0.39 is 0 Å². The Hall–Kier alpha value is -1.00. The van der Waals surface area contributed by atoms with Crippen molar-refractivity contribution in [1.82, 2.24) is 4.90 Å². The first-order valence-electron chi connectivity index (χ1n) is 7.66. The van der Waals surface area contributed by atoms with Crippen LogP contribution in [0.15, 0.2) is 30.3 Å². The SMILES string of the molecule is CSCC[C@H](N)C(=O)N1CCCC(C)(c2ccccc2)C1. The number of piperidine rings is 1. The van der Waals surface area contributed by atoms with Crippen LogP contribution < -0.4 is 5.73 Å². The molecule has 0 aromatic heterocycles. The Balaban J connectivity index is 2.05. The van der Waals surface area contributed by atoms with Crippen molar-refractivity contribution in [3.63, 3.8) is 0 Å². The van der Waals surface area contributed by atoms with Gasteiger partial charge in [-0.1, -0.05) is 37.3 Å². The number of nitrogens with zero attached hydrogens (tertiary/aromatic N) is 1. The van der Waals surface area contributed by atoms with E-state index in [0.29, 0.717) is 0 Å². The molecule has 1 saturated heterocycles. The Morgan fingerprint density at radius 3 is 2.81 bits per heavy atom. The van der Waals surface area contributed by atoms with Crippen LogP contribution in [0.25, 0.3) is 0 Å². The van der Waals surface area contributed by atoms with Crippen LogP contribution in [0.1, 0.15) is 31.7 Å². The molecule has 1 heterocycles. The van der Waals surface area contributed by atoms with Crippen LogP contribution >= 0.6 is 11.8 Å². The third kappa shape index (κ3) is 4.01. The van der Waals surface area contributed by atoms with Gasteiger partial charge in [0, 0.05) is 18.5 Å². The number of rotatable bonds is 5. The molecule has 1 fully saturated rings. The van der Waals surface area contributed by atoms with E-state index >= 15 is 0 Å². The van der Waals surface area contributed by atoms with Crippen molar-refractivity contribution >= 4 is 17.7 Å². The highest BCUT2D eigenvalue weighted by Gasteiger charge is 2.35. The third-order valence-electron chi connectivity index (χ3n) is 4.43. The fourth-order valence-corrected chi connectivity index (χ4v) is 3.60. The average Bonchev–Trinajstić information content (AvgIpc) is 2.52. The normalized spacial score (nSPS) is 23.9. The Labute approximate surface area is 132 Å². The number of carbonyl (C=O) groups is 1. The monoisotopic (exact) mass is 306 g/mol. The van der Waals surface area contributed by atoms with Gasteiger partial charge in [0.2, 0.25) is 5.91 Å². The standard InChI is InChI=1S/C17H26N2OS/c1-17(14-7-4-3-5-8-14)10-6-11-19(13-17)16(20)15(18)9-12-21-2/h3-5,7-8,15H,6,9-13,18H2,1-2H3/t15-,17?/m0/s1. The van der Waals surface area contributed by atoms with Gasteiger partial charge in [-0.05, 0) is 36.8 Å². The summed E-state index contributed by atoms with van der Waals surface area (Å²) in [4.78, 5) is 14.5. The maximum atomic E-state index is 12.5. The highest BCUT2D eigenvalue weighted by Crippen LogP contribution is 2.33. The number of thioether (sulfide) groups is 1. The summed E-state index contributed by atoms with van der Waals surface area (Å²) in [5.41, 5.74) is 7.43. The van der Waals surface area contributed by atoms with Crippen LogP contribution in [0.3, 0.4) is 0 Å². The van der Waals surface area contributed by atoms with Crippen molar-refractivity contribution in [2.75, 3.05) is 25.1 Å². The van der Waals surface area contributed by atoms with Gasteiger partial charge in [-0.3, -0.25) is 4.79 Å². The first-order chi connectivity index (χ1) is 10.1. The van der Waals surface area contributed by atoms with E-state index in [9.17, 15) is 4.79 Å². The molecular formula is C17H26N2OS. The number of hydrogen-bond donors (Lipinski definition) is 1. The Morgan fingerprint density at radius 2 is 2.14 bits per heavy atom. The smallest absolute Gasteiger partial charge is 0.239 e. The maximum Gasteiger partial charge on any atom is 0.239 e. The minimum atomic E-state index is -0.351. The molecule has 1 aliphatic rings. The summed E-state index contributed by atoms with van der Waals surface area (Å²) < 4.78 is 0. The van der Waals surface area contributed by atoms with E-state index in [1.807, 2.05) is 17.2 Å². The Kier molecular flexibility index (Phi) is 5.71. The molecule has 1 unspecified atom stereocenters. The minimum Gasteiger partial charge on any atom is -0.340 e. The van der Waals surface area contributed by atoms with Gasteiger partial charge in [-0.2, -0.15) is 11.8 Å². The summed E-state index contributed by atoms with van der Waals surface area (Å²) >= 11 is 1.74. The molecule has 1 aliphatic heterocycles. The summed E-state index contributed by atoms with van der Waals surface area (Å²) in [6.07, 6.45) is 4.98. The van der Waals surface area contributed by atoms with Gasteiger partial charge in [0.25, 0.3) is 0 Å². The van der Waals surface area contributed by atoms with Crippen LogP contribution in [0.4, 0.5) is 0 Å². The van der Waals surface area contributed by atoms with Gasteiger partial charge < -0.3 is 10.6 Å². The van der Waals surface area contributed by atoms with E-state index in [4.69, 9.17) is 5.73 Å². The number of carbonyl (C=O) groups excluding carboxylic acids is 1. The molecule has 116 valence electrons. The molecule has 0 spiro atoms. The molecule has 0 saturated carbocycles. The average molecular weight is 306 g/mol. The molecule has 0 radical (unpaired) electrons. The minimum absolute atomic E-state index is 0.0500. The van der Waals surface area contributed by atoms with Crippen molar-refractivity contribution in [3.8, 4) is 0 Å². The second-order valence-corrected chi connectivity index (χ2v) is 7.16. The van der Waals surface area contributed by atoms with E-state index in [-0.39, 0.29) is 17.4 Å². The largest absolute Gasteiger partial charge is 0.340 e. The Bertz CT molecular complexity index is 465. The van der Waals surface area contributed by atoms with Gasteiger partial charge in [-0.15, -0.1) is 0 Å². The predicted octanol–water partition coefficient (Wildman–Crippen LogP) is 2.65. The molecule has 21 heavy (non-hydrogen) atoms. The fourth-order valence-electron chi connectivity index (χ4n) is 3.11. The zero-order chi connectivity index (χ0) is 15.3. The molecule has 3 nitrogen and oxygen atoms in total. The number of hydrogen-bond acceptors (Lipinski definition) is 3. The van der Waals surface area contributed by atoms with Crippen LogP contribution in [0.2, 0.25) is 0 Å². The van der Waals surface area contributed by atoms with E-state index in [1.165, 1.54) is 5.56 Å². The van der Waals surface area contributed by atoms with Crippen LogP contribution in [0, 0.1) is 0 Å². The van der Waals surface area contributed by atoms with Crippen molar-refractivity contribution in [2.24, 2.45) is 5.73 Å². The van der Waals surface area contributed by atoms with E-state index in [1.54, 1.807) is 11.8 Å². The summed E-state index contributed by atoms with van der Waals surface area (Å²) in [6.45, 7) is 3.88. The highest BCUT2D eigenvalue weighted by atomic mass is 32.2. The van der Waals surface area contributed by atoms with Gasteiger partial charge in [-0.25, -0.2) is 0 Å². The van der Waals surface area contributed by atoms with Crippen molar-refractivity contribution in [2.45, 2.75) is 37.6 Å². The topological polar surface area (TPSA) is 46.3 Å². The molecule has 1 amide bonds. The number of amides is 1. The van der Waals surface area contributed by atoms with Crippen molar-refractivity contribution < 1.29 is 4.79 Å². The Morgan fingerprint density at radius 1 is 1.43 bits per heavy atom. The number of benzene rings is 1. The lowest BCUT2D eigenvalue weighted by atomic mass is 9.76. The molecular weight excluding hydrogens is 280 g/mol. The van der Waals surface area contributed by atoms with Gasteiger partial charge in [0.1, 0.15) is 0 Å². The number of nitrogens with two attached hydrogens (primary N) is 1. The van der Waals surface area contributed by atoms with E-state index in [0.717, 1.165) is 38.1 Å². The molecule has 2 rings (SSSR count). The lowest BCUT2D eigenvalue weighted by Gasteiger charge is -2.41. The first-order valence-corrected chi connectivity index (χ1v) is 9.05. The number of likely N-dealkylation sites (tertiary alicyclic amines) is 1. The summed E-state index contributed by atoms with van der Waals surface area (Å²) in [7, 11) is 0. The van der Waals surface area contributed by atoms with Crippen molar-refractivity contribution in [1.29, 1.82) is 0 Å². The predicted molar refractivity (Wildman–Crippen MR) is 90.6 cm³/mol. The summed E-state index contributed by atoms with van der Waals surface area (Å²) in [5.74, 6) is 1.06. The molecule has 1 aromatic carbocycles. The molecule has 2 atom stereocenters. The highest BCUT2D eigenvalue weighted by molar-refractivity contribution is 7.98. The van der Waals surface area contributed by atoms with Gasteiger partial charge in [0.05, 0.1) is 6.04 Å². The van der Waals surface area contributed by atoms with Crippen LogP contribution in [-0.2, 0) is 10.2 Å². The van der Waals surface area contributed by atoms with Crippen molar-refractivity contribution in [3.05, 3.63) is 35.9 Å². The zero-order valence-corrected chi connectivity index (χ0v) is 13.9. The second kappa shape index (κ2) is 7.32. The molecule has 1 aromatic rings. The summed E-state index contributed by atoms with van der Waals surface area (Å²) in [6, 6.07) is 10.2. The third-order valence-corrected chi connectivity index (χ3v) is 5.07.